The van der Waals surface area contributed by atoms with E-state index in [1.54, 1.807) is 11.3 Å². The highest BCUT2D eigenvalue weighted by atomic mass is 79.9. The molecule has 0 aliphatic rings. The minimum Gasteiger partial charge on any atom is -0.298 e. The van der Waals surface area contributed by atoms with Crippen LogP contribution in [0, 0.1) is 6.92 Å². The number of hydrogen-bond donors (Lipinski definition) is 1. The van der Waals surface area contributed by atoms with E-state index in [1.807, 2.05) is 12.1 Å². The summed E-state index contributed by atoms with van der Waals surface area (Å²) in [6, 6.07) is 6.14. The van der Waals surface area contributed by atoms with Crippen molar-refractivity contribution in [1.29, 1.82) is 0 Å². The molecule has 4 heteroatoms. The highest BCUT2D eigenvalue weighted by Crippen LogP contribution is 2.28. The average Bonchev–Trinajstić information content (AvgIpc) is 2.49. The number of fused-ring (bicyclic) bond motifs is 1. The fourth-order valence-electron chi connectivity index (χ4n) is 1.13. The second-order valence-corrected chi connectivity index (χ2v) is 3.93. The second kappa shape index (κ2) is 3.03. The van der Waals surface area contributed by atoms with Crippen LogP contribution in [0.3, 0.4) is 0 Å². The van der Waals surface area contributed by atoms with E-state index in [0.29, 0.717) is 0 Å². The molecule has 2 nitrogen and oxygen atoms in total. The molecule has 0 saturated carbocycles. The Morgan fingerprint density at radius 2 is 2.33 bits per heavy atom. The molecule has 12 heavy (non-hydrogen) atoms. The molecule has 0 radical (unpaired) electrons. The van der Waals surface area contributed by atoms with E-state index in [9.17, 15) is 0 Å². The molecule has 1 aromatic carbocycles. The average molecular weight is 243 g/mol. The van der Waals surface area contributed by atoms with Crippen molar-refractivity contribution in [3.8, 4) is 0 Å². The standard InChI is InChI=1S/C8H7BrN2S/c1-5-3-2-4-6-7(5)12-8(10-6)11-9/h2-4H,1H3,(H,10,11). The van der Waals surface area contributed by atoms with Crippen LogP contribution in [0.15, 0.2) is 18.2 Å². The quantitative estimate of drug-likeness (QED) is 0.777. The third-order valence-corrected chi connectivity index (χ3v) is 3.45. The third kappa shape index (κ3) is 1.21. The zero-order valence-electron chi connectivity index (χ0n) is 6.47. The van der Waals surface area contributed by atoms with Gasteiger partial charge in [-0.15, -0.1) is 0 Å². The smallest absolute Gasteiger partial charge is 0.193 e. The molecule has 0 aliphatic heterocycles. The summed E-state index contributed by atoms with van der Waals surface area (Å²) in [4.78, 5) is 4.35. The van der Waals surface area contributed by atoms with Gasteiger partial charge in [-0.05, 0) is 18.6 Å². The molecule has 0 fully saturated rings. The number of thiazole rings is 1. The topological polar surface area (TPSA) is 24.9 Å². The first-order chi connectivity index (χ1) is 5.81. The zero-order valence-corrected chi connectivity index (χ0v) is 8.87. The predicted molar refractivity (Wildman–Crippen MR) is 56.9 cm³/mol. The van der Waals surface area contributed by atoms with Crippen LogP contribution in [0.5, 0.6) is 0 Å². The van der Waals surface area contributed by atoms with Crippen LogP contribution < -0.4 is 4.34 Å². The first kappa shape index (κ1) is 8.01. The first-order valence-electron chi connectivity index (χ1n) is 3.54. The molecular weight excluding hydrogens is 236 g/mol. The van der Waals surface area contributed by atoms with E-state index in [2.05, 4.69) is 38.5 Å². The summed E-state index contributed by atoms with van der Waals surface area (Å²) in [5.41, 5.74) is 2.33. The Balaban J connectivity index is 2.74. The molecule has 0 bridgehead atoms. The van der Waals surface area contributed by atoms with Gasteiger partial charge in [-0.3, -0.25) is 4.34 Å². The lowest BCUT2D eigenvalue weighted by molar-refractivity contribution is 1.48. The number of anilines is 1. The number of aryl methyl sites for hydroxylation is 1. The van der Waals surface area contributed by atoms with E-state index < -0.39 is 0 Å². The van der Waals surface area contributed by atoms with Crippen LogP contribution >= 0.6 is 27.5 Å². The summed E-state index contributed by atoms with van der Waals surface area (Å²) in [5, 5.41) is 0.902. The molecule has 0 saturated heterocycles. The maximum atomic E-state index is 4.35. The van der Waals surface area contributed by atoms with Crippen LogP contribution in [0.2, 0.25) is 0 Å². The maximum Gasteiger partial charge on any atom is 0.193 e. The van der Waals surface area contributed by atoms with Crippen molar-refractivity contribution in [2.45, 2.75) is 6.92 Å². The summed E-state index contributed by atoms with van der Waals surface area (Å²) in [5.74, 6) is 0. The minimum absolute atomic E-state index is 0.902. The van der Waals surface area contributed by atoms with Crippen molar-refractivity contribution in [2.24, 2.45) is 0 Å². The van der Waals surface area contributed by atoms with Gasteiger partial charge in [0.2, 0.25) is 0 Å². The molecule has 0 amide bonds. The van der Waals surface area contributed by atoms with Crippen molar-refractivity contribution < 1.29 is 0 Å². The van der Waals surface area contributed by atoms with E-state index >= 15 is 0 Å². The monoisotopic (exact) mass is 242 g/mol. The van der Waals surface area contributed by atoms with E-state index in [1.165, 1.54) is 10.3 Å². The molecule has 1 aromatic heterocycles. The van der Waals surface area contributed by atoms with Gasteiger partial charge in [0.15, 0.2) is 5.13 Å². The molecule has 0 spiro atoms. The Bertz CT molecular complexity index is 410. The van der Waals surface area contributed by atoms with Crippen LogP contribution in [0.1, 0.15) is 5.56 Å². The Hall–Kier alpha value is -0.610. The molecule has 1 N–H and O–H groups in total. The minimum atomic E-state index is 0.902. The summed E-state index contributed by atoms with van der Waals surface area (Å²) in [6.07, 6.45) is 0. The molecule has 0 aliphatic carbocycles. The van der Waals surface area contributed by atoms with E-state index in [-0.39, 0.29) is 0 Å². The molecule has 1 heterocycles. The second-order valence-electron chi connectivity index (χ2n) is 2.54. The number of benzene rings is 1. The molecule has 0 atom stereocenters. The highest BCUT2D eigenvalue weighted by Gasteiger charge is 2.03. The number of rotatable bonds is 1. The summed E-state index contributed by atoms with van der Waals surface area (Å²) in [7, 11) is 0. The summed E-state index contributed by atoms with van der Waals surface area (Å²) >= 11 is 4.81. The van der Waals surface area contributed by atoms with Crippen molar-refractivity contribution >= 4 is 42.8 Å². The molecule has 0 unspecified atom stereocenters. The van der Waals surface area contributed by atoms with E-state index in [4.69, 9.17) is 0 Å². The fraction of sp³-hybridized carbons (Fsp3) is 0.125. The zero-order chi connectivity index (χ0) is 8.55. The van der Waals surface area contributed by atoms with Gasteiger partial charge in [0, 0.05) is 16.1 Å². The third-order valence-electron chi connectivity index (χ3n) is 1.69. The van der Waals surface area contributed by atoms with Crippen molar-refractivity contribution in [3.05, 3.63) is 23.8 Å². The summed E-state index contributed by atoms with van der Waals surface area (Å²) in [6.45, 7) is 2.10. The number of nitrogens with one attached hydrogen (secondary N) is 1. The Kier molecular flexibility index (Phi) is 2.02. The van der Waals surface area contributed by atoms with Crippen LogP contribution in [-0.2, 0) is 0 Å². The molecule has 62 valence electrons. The SMILES string of the molecule is Cc1cccc2nc(NBr)sc12. The maximum absolute atomic E-state index is 4.35. The number of halogens is 1. The van der Waals surface area contributed by atoms with Gasteiger partial charge in [0.05, 0.1) is 10.2 Å². The van der Waals surface area contributed by atoms with Gasteiger partial charge in [-0.2, -0.15) is 0 Å². The Morgan fingerprint density at radius 3 is 3.00 bits per heavy atom. The number of hydrogen-bond acceptors (Lipinski definition) is 3. The largest absolute Gasteiger partial charge is 0.298 e. The fourth-order valence-corrected chi connectivity index (χ4v) is 2.28. The molecule has 2 aromatic rings. The van der Waals surface area contributed by atoms with Gasteiger partial charge in [0.1, 0.15) is 0 Å². The number of aromatic nitrogens is 1. The lowest BCUT2D eigenvalue weighted by atomic mass is 10.2. The molecular formula is C8H7BrN2S. The highest BCUT2D eigenvalue weighted by molar-refractivity contribution is 9.10. The van der Waals surface area contributed by atoms with Gasteiger partial charge < -0.3 is 0 Å². The van der Waals surface area contributed by atoms with Crippen molar-refractivity contribution in [2.75, 3.05) is 4.34 Å². The van der Waals surface area contributed by atoms with Gasteiger partial charge in [-0.25, -0.2) is 4.98 Å². The lowest BCUT2D eigenvalue weighted by Gasteiger charge is -1.89. The van der Waals surface area contributed by atoms with Crippen LogP contribution in [0.4, 0.5) is 5.13 Å². The lowest BCUT2D eigenvalue weighted by Crippen LogP contribution is -1.74. The Morgan fingerprint density at radius 1 is 1.50 bits per heavy atom. The van der Waals surface area contributed by atoms with Gasteiger partial charge >= 0.3 is 0 Å². The van der Waals surface area contributed by atoms with Gasteiger partial charge in [0.25, 0.3) is 0 Å². The normalized spacial score (nSPS) is 10.5. The predicted octanol–water partition coefficient (Wildman–Crippen LogP) is 3.33. The first-order valence-corrected chi connectivity index (χ1v) is 5.15. The number of nitrogens with zero attached hydrogens (tertiary/aromatic N) is 1. The Labute approximate surface area is 83.0 Å². The van der Waals surface area contributed by atoms with Gasteiger partial charge in [-0.1, -0.05) is 23.5 Å². The van der Waals surface area contributed by atoms with Crippen LogP contribution in [0.25, 0.3) is 10.2 Å². The van der Waals surface area contributed by atoms with Crippen molar-refractivity contribution in [3.63, 3.8) is 0 Å². The van der Waals surface area contributed by atoms with Crippen molar-refractivity contribution in [1.82, 2.24) is 4.98 Å². The molecule has 2 rings (SSSR count). The van der Waals surface area contributed by atoms with Crippen LogP contribution in [-0.4, -0.2) is 4.98 Å². The summed E-state index contributed by atoms with van der Waals surface area (Å²) < 4.78 is 4.11. The van der Waals surface area contributed by atoms with E-state index in [0.717, 1.165) is 10.6 Å².